The molecule has 0 aliphatic heterocycles. The van der Waals surface area contributed by atoms with Gasteiger partial charge in [0, 0.05) is 11.6 Å². The molecule has 3 N–H and O–H groups in total. The zero-order chi connectivity index (χ0) is 18.7. The van der Waals surface area contributed by atoms with Crippen LogP contribution in [0.2, 0.25) is 0 Å². The Bertz CT molecular complexity index is 998. The molecule has 3 nitrogen and oxygen atoms in total. The van der Waals surface area contributed by atoms with Crippen molar-refractivity contribution in [3.05, 3.63) is 89.5 Å². The molecule has 0 radical (unpaired) electrons. The third-order valence-corrected chi connectivity index (χ3v) is 4.17. The number of nitrogens with two attached hydrogens (primary N) is 1. The van der Waals surface area contributed by atoms with Gasteiger partial charge in [0.15, 0.2) is 0 Å². The minimum Gasteiger partial charge on any atom is -0.480 e. The van der Waals surface area contributed by atoms with E-state index in [9.17, 15) is 13.6 Å². The summed E-state index contributed by atoms with van der Waals surface area (Å²) in [6, 6.07) is 15.5. The van der Waals surface area contributed by atoms with Crippen LogP contribution in [0.15, 0.2) is 66.7 Å². The molecule has 5 heteroatoms. The highest BCUT2D eigenvalue weighted by Gasteiger charge is 2.15. The maximum Gasteiger partial charge on any atom is 0.320 e. The lowest BCUT2D eigenvalue weighted by Gasteiger charge is -2.12. The molecule has 0 heterocycles. The number of carbonyl (C=O) groups is 1. The SMILES string of the molecule is NC(C/C=C(/c1ccc2ccccc2c1)c1ccc(F)cc1F)C(=O)O. The van der Waals surface area contributed by atoms with Gasteiger partial charge >= 0.3 is 5.97 Å². The maximum absolute atomic E-state index is 14.4. The molecular formula is C21H17F2NO2. The van der Waals surface area contributed by atoms with E-state index in [0.717, 1.165) is 16.8 Å². The lowest BCUT2D eigenvalue weighted by atomic mass is 9.93. The fourth-order valence-electron chi connectivity index (χ4n) is 2.79. The zero-order valence-electron chi connectivity index (χ0n) is 13.8. The van der Waals surface area contributed by atoms with Crippen LogP contribution in [0.3, 0.4) is 0 Å². The van der Waals surface area contributed by atoms with Gasteiger partial charge in [-0.05, 0) is 46.5 Å². The van der Waals surface area contributed by atoms with E-state index in [1.807, 2.05) is 42.5 Å². The molecule has 0 saturated carbocycles. The fourth-order valence-corrected chi connectivity index (χ4v) is 2.79. The first kappa shape index (κ1) is 17.8. The highest BCUT2D eigenvalue weighted by Crippen LogP contribution is 2.29. The molecule has 3 aromatic carbocycles. The summed E-state index contributed by atoms with van der Waals surface area (Å²) in [4.78, 5) is 11.0. The first-order chi connectivity index (χ1) is 12.5. The molecule has 26 heavy (non-hydrogen) atoms. The highest BCUT2D eigenvalue weighted by atomic mass is 19.1. The number of fused-ring (bicyclic) bond motifs is 1. The summed E-state index contributed by atoms with van der Waals surface area (Å²) in [5, 5.41) is 11.0. The van der Waals surface area contributed by atoms with Crippen LogP contribution >= 0.6 is 0 Å². The van der Waals surface area contributed by atoms with Gasteiger partial charge in [0.2, 0.25) is 0 Å². The molecule has 0 fully saturated rings. The van der Waals surface area contributed by atoms with Gasteiger partial charge < -0.3 is 10.8 Å². The fraction of sp³-hybridized carbons (Fsp3) is 0.0952. The van der Waals surface area contributed by atoms with Crippen molar-refractivity contribution in [1.29, 1.82) is 0 Å². The Balaban J connectivity index is 2.12. The Morgan fingerprint density at radius 2 is 1.77 bits per heavy atom. The van der Waals surface area contributed by atoms with Crippen LogP contribution in [0.4, 0.5) is 8.78 Å². The third kappa shape index (κ3) is 3.78. The largest absolute Gasteiger partial charge is 0.480 e. The Labute approximate surface area is 149 Å². The quantitative estimate of drug-likeness (QED) is 0.717. The van der Waals surface area contributed by atoms with Crippen molar-refractivity contribution in [1.82, 2.24) is 0 Å². The van der Waals surface area contributed by atoms with Gasteiger partial charge in [-0.1, -0.05) is 42.5 Å². The topological polar surface area (TPSA) is 63.3 Å². The standard InChI is InChI=1S/C21H17F2NO2/c22-16-7-8-18(19(23)12-16)17(9-10-20(24)21(25)26)15-6-5-13-3-1-2-4-14(13)11-15/h1-9,11-12,20H,10,24H2,(H,25,26)/b17-9-. The molecule has 0 bridgehead atoms. The molecule has 132 valence electrons. The van der Waals surface area contributed by atoms with E-state index in [1.165, 1.54) is 12.1 Å². The molecule has 0 saturated heterocycles. The van der Waals surface area contributed by atoms with Crippen LogP contribution in [0.1, 0.15) is 17.5 Å². The van der Waals surface area contributed by atoms with Crippen LogP contribution < -0.4 is 5.73 Å². The number of carboxylic acid groups (broad SMARTS) is 1. The number of carboxylic acids is 1. The Hall–Kier alpha value is -3.05. The van der Waals surface area contributed by atoms with E-state index < -0.39 is 23.6 Å². The lowest BCUT2D eigenvalue weighted by Crippen LogP contribution is -2.29. The Morgan fingerprint density at radius 3 is 2.46 bits per heavy atom. The van der Waals surface area contributed by atoms with E-state index in [-0.39, 0.29) is 12.0 Å². The molecule has 0 aliphatic carbocycles. The van der Waals surface area contributed by atoms with Crippen molar-refractivity contribution >= 4 is 22.3 Å². The number of hydrogen-bond donors (Lipinski definition) is 2. The highest BCUT2D eigenvalue weighted by molar-refractivity contribution is 5.89. The smallest absolute Gasteiger partial charge is 0.320 e. The van der Waals surface area contributed by atoms with Gasteiger partial charge in [-0.2, -0.15) is 0 Å². The zero-order valence-corrected chi connectivity index (χ0v) is 13.8. The van der Waals surface area contributed by atoms with Crippen LogP contribution in [0, 0.1) is 11.6 Å². The number of rotatable bonds is 5. The summed E-state index contributed by atoms with van der Waals surface area (Å²) in [6.45, 7) is 0. The van der Waals surface area contributed by atoms with Gasteiger partial charge in [0.25, 0.3) is 0 Å². The van der Waals surface area contributed by atoms with E-state index in [2.05, 4.69) is 0 Å². The van der Waals surface area contributed by atoms with Crippen LogP contribution in [0.5, 0.6) is 0 Å². The van der Waals surface area contributed by atoms with Gasteiger partial charge in [-0.15, -0.1) is 0 Å². The van der Waals surface area contributed by atoms with E-state index in [1.54, 1.807) is 6.08 Å². The van der Waals surface area contributed by atoms with Crippen molar-refractivity contribution < 1.29 is 18.7 Å². The molecule has 1 unspecified atom stereocenters. The monoisotopic (exact) mass is 353 g/mol. The summed E-state index contributed by atoms with van der Waals surface area (Å²) >= 11 is 0. The number of aliphatic carboxylic acids is 1. The summed E-state index contributed by atoms with van der Waals surface area (Å²) < 4.78 is 27.6. The molecule has 1 atom stereocenters. The third-order valence-electron chi connectivity index (χ3n) is 4.17. The van der Waals surface area contributed by atoms with E-state index in [0.29, 0.717) is 11.1 Å². The Kier molecular flexibility index (Phi) is 5.09. The maximum atomic E-state index is 14.4. The predicted molar refractivity (Wildman–Crippen MR) is 97.6 cm³/mol. The number of benzene rings is 3. The van der Waals surface area contributed by atoms with Crippen molar-refractivity contribution in [2.75, 3.05) is 0 Å². The van der Waals surface area contributed by atoms with Crippen molar-refractivity contribution in [2.24, 2.45) is 5.73 Å². The second-order valence-electron chi connectivity index (χ2n) is 5.98. The molecular weight excluding hydrogens is 336 g/mol. The summed E-state index contributed by atoms with van der Waals surface area (Å²) in [5.74, 6) is -2.53. The molecule has 3 aromatic rings. The normalized spacial score (nSPS) is 13.0. The van der Waals surface area contributed by atoms with Gasteiger partial charge in [0.1, 0.15) is 17.7 Å². The Morgan fingerprint density at radius 1 is 1.04 bits per heavy atom. The van der Waals surface area contributed by atoms with Gasteiger partial charge in [-0.25, -0.2) is 8.78 Å². The molecule has 0 aromatic heterocycles. The van der Waals surface area contributed by atoms with Crippen LogP contribution in [-0.4, -0.2) is 17.1 Å². The van der Waals surface area contributed by atoms with E-state index >= 15 is 0 Å². The average molecular weight is 353 g/mol. The molecule has 0 amide bonds. The first-order valence-electron chi connectivity index (χ1n) is 8.09. The number of halogens is 2. The van der Waals surface area contributed by atoms with Crippen LogP contribution in [0.25, 0.3) is 16.3 Å². The van der Waals surface area contributed by atoms with Gasteiger partial charge in [-0.3, -0.25) is 4.79 Å². The lowest BCUT2D eigenvalue weighted by molar-refractivity contribution is -0.138. The summed E-state index contributed by atoms with van der Waals surface area (Å²) in [5.41, 5.74) is 6.95. The molecule has 0 aliphatic rings. The molecule has 3 rings (SSSR count). The predicted octanol–water partition coefficient (Wildman–Crippen LogP) is 4.35. The van der Waals surface area contributed by atoms with Crippen molar-refractivity contribution in [3.8, 4) is 0 Å². The minimum atomic E-state index is -1.14. The van der Waals surface area contributed by atoms with Crippen molar-refractivity contribution in [3.63, 3.8) is 0 Å². The van der Waals surface area contributed by atoms with Crippen LogP contribution in [-0.2, 0) is 4.79 Å². The molecule has 0 spiro atoms. The first-order valence-corrected chi connectivity index (χ1v) is 8.09. The summed E-state index contributed by atoms with van der Waals surface area (Å²) in [6.07, 6.45) is 1.60. The van der Waals surface area contributed by atoms with Crippen molar-refractivity contribution in [2.45, 2.75) is 12.5 Å². The second kappa shape index (κ2) is 7.45. The van der Waals surface area contributed by atoms with Gasteiger partial charge in [0.05, 0.1) is 0 Å². The number of hydrogen-bond acceptors (Lipinski definition) is 2. The summed E-state index contributed by atoms with van der Waals surface area (Å²) in [7, 11) is 0. The van der Waals surface area contributed by atoms with E-state index in [4.69, 9.17) is 10.8 Å². The minimum absolute atomic E-state index is 0.0221. The second-order valence-corrected chi connectivity index (χ2v) is 5.98. The average Bonchev–Trinajstić information content (AvgIpc) is 2.62.